The van der Waals surface area contributed by atoms with E-state index in [2.05, 4.69) is 18.3 Å². The van der Waals surface area contributed by atoms with Crippen LogP contribution in [0.5, 0.6) is 11.5 Å². The molecule has 1 atom stereocenters. The molecule has 1 aromatic rings. The third-order valence-corrected chi connectivity index (χ3v) is 3.05. The first-order chi connectivity index (χ1) is 9.63. The summed E-state index contributed by atoms with van der Waals surface area (Å²) in [5.41, 5.74) is 1.07. The molecular formula is C16H27NO3. The number of benzene rings is 1. The molecule has 20 heavy (non-hydrogen) atoms. The van der Waals surface area contributed by atoms with E-state index in [1.807, 2.05) is 26.0 Å². The van der Waals surface area contributed by atoms with Crippen LogP contribution < -0.4 is 14.8 Å². The van der Waals surface area contributed by atoms with Crippen molar-refractivity contribution in [1.29, 1.82) is 0 Å². The highest BCUT2D eigenvalue weighted by molar-refractivity contribution is 5.48. The third kappa shape index (κ3) is 4.69. The Balaban J connectivity index is 2.98. The Morgan fingerprint density at radius 1 is 1.15 bits per heavy atom. The van der Waals surface area contributed by atoms with E-state index in [-0.39, 0.29) is 12.1 Å². The average molecular weight is 281 g/mol. The maximum atomic E-state index is 5.77. The number of hydrogen-bond donors (Lipinski definition) is 1. The van der Waals surface area contributed by atoms with E-state index in [1.54, 1.807) is 14.2 Å². The van der Waals surface area contributed by atoms with Gasteiger partial charge in [0.15, 0.2) is 11.5 Å². The molecule has 0 fully saturated rings. The van der Waals surface area contributed by atoms with Crippen LogP contribution in [0.2, 0.25) is 0 Å². The molecule has 1 rings (SSSR count). The highest BCUT2D eigenvalue weighted by Crippen LogP contribution is 2.34. The number of para-hydroxylation sites is 1. The summed E-state index contributed by atoms with van der Waals surface area (Å²) in [6, 6.07) is 6.04. The van der Waals surface area contributed by atoms with Crippen LogP contribution >= 0.6 is 0 Å². The Morgan fingerprint density at radius 3 is 2.45 bits per heavy atom. The molecule has 0 aromatic heterocycles. The Bertz CT molecular complexity index is 393. The monoisotopic (exact) mass is 281 g/mol. The zero-order valence-corrected chi connectivity index (χ0v) is 13.2. The second kappa shape index (κ2) is 8.82. The van der Waals surface area contributed by atoms with Crippen molar-refractivity contribution in [2.75, 3.05) is 27.4 Å². The van der Waals surface area contributed by atoms with Crippen molar-refractivity contribution in [1.82, 2.24) is 5.32 Å². The highest BCUT2D eigenvalue weighted by Gasteiger charge is 2.19. The van der Waals surface area contributed by atoms with Crippen molar-refractivity contribution in [3.8, 4) is 11.5 Å². The summed E-state index contributed by atoms with van der Waals surface area (Å²) in [6.07, 6.45) is 1.28. The SMILES string of the molecule is CCCNC(COC(C)C)c1cccc(OC)c1OC. The number of hydrogen-bond acceptors (Lipinski definition) is 4. The molecule has 1 N–H and O–H groups in total. The van der Waals surface area contributed by atoms with Gasteiger partial charge in [-0.1, -0.05) is 19.1 Å². The molecule has 0 aliphatic carbocycles. The minimum Gasteiger partial charge on any atom is -0.493 e. The highest BCUT2D eigenvalue weighted by atomic mass is 16.5. The van der Waals surface area contributed by atoms with Gasteiger partial charge < -0.3 is 19.5 Å². The van der Waals surface area contributed by atoms with Gasteiger partial charge in [-0.15, -0.1) is 0 Å². The van der Waals surface area contributed by atoms with Gasteiger partial charge in [0.1, 0.15) is 0 Å². The Kier molecular flexibility index (Phi) is 7.41. The van der Waals surface area contributed by atoms with Crippen LogP contribution in [0.1, 0.15) is 38.8 Å². The first-order valence-corrected chi connectivity index (χ1v) is 7.19. The molecule has 4 heteroatoms. The van der Waals surface area contributed by atoms with Gasteiger partial charge in [-0.2, -0.15) is 0 Å². The first kappa shape index (κ1) is 16.8. The fourth-order valence-corrected chi connectivity index (χ4v) is 2.05. The molecule has 114 valence electrons. The number of methoxy groups -OCH3 is 2. The summed E-state index contributed by atoms with van der Waals surface area (Å²) in [7, 11) is 3.32. The second-order valence-electron chi connectivity index (χ2n) is 4.97. The van der Waals surface area contributed by atoms with Crippen LogP contribution in [0.25, 0.3) is 0 Å². The van der Waals surface area contributed by atoms with Crippen LogP contribution in [-0.4, -0.2) is 33.5 Å². The third-order valence-electron chi connectivity index (χ3n) is 3.05. The summed E-state index contributed by atoms with van der Waals surface area (Å²) in [4.78, 5) is 0. The maximum Gasteiger partial charge on any atom is 0.165 e. The molecule has 0 aliphatic rings. The first-order valence-electron chi connectivity index (χ1n) is 7.19. The fourth-order valence-electron chi connectivity index (χ4n) is 2.05. The Labute approximate surface area is 122 Å². The summed E-state index contributed by atoms with van der Waals surface area (Å²) in [6.45, 7) is 7.78. The molecule has 4 nitrogen and oxygen atoms in total. The van der Waals surface area contributed by atoms with Crippen molar-refractivity contribution < 1.29 is 14.2 Å². The molecule has 0 saturated carbocycles. The lowest BCUT2D eigenvalue weighted by atomic mass is 10.1. The van der Waals surface area contributed by atoms with E-state index in [4.69, 9.17) is 14.2 Å². The molecule has 1 aromatic carbocycles. The lowest BCUT2D eigenvalue weighted by Gasteiger charge is -2.23. The average Bonchev–Trinajstić information content (AvgIpc) is 2.46. The molecule has 1 unspecified atom stereocenters. The number of ether oxygens (including phenoxy) is 3. The summed E-state index contributed by atoms with van der Waals surface area (Å²) in [5, 5.41) is 3.51. The lowest BCUT2D eigenvalue weighted by Crippen LogP contribution is -2.28. The van der Waals surface area contributed by atoms with Crippen molar-refractivity contribution >= 4 is 0 Å². The Morgan fingerprint density at radius 2 is 1.90 bits per heavy atom. The van der Waals surface area contributed by atoms with Crippen molar-refractivity contribution in [2.45, 2.75) is 39.3 Å². The quantitative estimate of drug-likeness (QED) is 0.754. The van der Waals surface area contributed by atoms with Gasteiger partial charge in [0, 0.05) is 5.56 Å². The Hall–Kier alpha value is -1.26. The molecule has 0 radical (unpaired) electrons. The molecular weight excluding hydrogens is 254 g/mol. The molecule has 0 amide bonds. The van der Waals surface area contributed by atoms with Crippen LogP contribution in [0.15, 0.2) is 18.2 Å². The minimum atomic E-state index is 0.0994. The van der Waals surface area contributed by atoms with E-state index < -0.39 is 0 Å². The largest absolute Gasteiger partial charge is 0.493 e. The molecule has 0 saturated heterocycles. The van der Waals surface area contributed by atoms with Crippen LogP contribution in [-0.2, 0) is 4.74 Å². The summed E-state index contributed by atoms with van der Waals surface area (Å²) in [5.74, 6) is 1.52. The summed E-state index contributed by atoms with van der Waals surface area (Å²) >= 11 is 0. The van der Waals surface area contributed by atoms with Crippen molar-refractivity contribution in [2.24, 2.45) is 0 Å². The van der Waals surface area contributed by atoms with Gasteiger partial charge in [0.25, 0.3) is 0 Å². The smallest absolute Gasteiger partial charge is 0.165 e. The second-order valence-corrected chi connectivity index (χ2v) is 4.97. The van der Waals surface area contributed by atoms with Gasteiger partial charge in [-0.05, 0) is 32.9 Å². The van der Waals surface area contributed by atoms with Gasteiger partial charge >= 0.3 is 0 Å². The molecule has 0 bridgehead atoms. The van der Waals surface area contributed by atoms with Crippen LogP contribution in [0.3, 0.4) is 0 Å². The van der Waals surface area contributed by atoms with Gasteiger partial charge in [-0.25, -0.2) is 0 Å². The topological polar surface area (TPSA) is 39.7 Å². The van der Waals surface area contributed by atoms with Crippen LogP contribution in [0.4, 0.5) is 0 Å². The van der Waals surface area contributed by atoms with Gasteiger partial charge in [0.2, 0.25) is 0 Å². The van der Waals surface area contributed by atoms with Crippen LogP contribution in [0, 0.1) is 0 Å². The van der Waals surface area contributed by atoms with E-state index >= 15 is 0 Å². The zero-order chi connectivity index (χ0) is 15.0. The van der Waals surface area contributed by atoms with Crippen molar-refractivity contribution in [3.05, 3.63) is 23.8 Å². The molecule has 0 aliphatic heterocycles. The predicted octanol–water partition coefficient (Wildman–Crippen LogP) is 3.17. The lowest BCUT2D eigenvalue weighted by molar-refractivity contribution is 0.0605. The van der Waals surface area contributed by atoms with E-state index in [9.17, 15) is 0 Å². The summed E-state index contributed by atoms with van der Waals surface area (Å²) < 4.78 is 16.6. The normalized spacial score (nSPS) is 12.5. The fraction of sp³-hybridized carbons (Fsp3) is 0.625. The van der Waals surface area contributed by atoms with Gasteiger partial charge in [0.05, 0.1) is 33.0 Å². The predicted molar refractivity (Wildman–Crippen MR) is 81.7 cm³/mol. The molecule has 0 heterocycles. The van der Waals surface area contributed by atoms with E-state index in [1.165, 1.54) is 0 Å². The zero-order valence-electron chi connectivity index (χ0n) is 13.2. The maximum absolute atomic E-state index is 5.77. The van der Waals surface area contributed by atoms with Gasteiger partial charge in [-0.3, -0.25) is 0 Å². The number of rotatable bonds is 9. The molecule has 0 spiro atoms. The van der Waals surface area contributed by atoms with Crippen molar-refractivity contribution in [3.63, 3.8) is 0 Å². The van der Waals surface area contributed by atoms with E-state index in [0.717, 1.165) is 30.0 Å². The number of nitrogens with one attached hydrogen (secondary N) is 1. The van der Waals surface area contributed by atoms with E-state index in [0.29, 0.717) is 6.61 Å². The minimum absolute atomic E-state index is 0.0994. The standard InChI is InChI=1S/C16H27NO3/c1-6-10-17-14(11-20-12(2)3)13-8-7-9-15(18-4)16(13)19-5/h7-9,12,14,17H,6,10-11H2,1-5H3.